The Bertz CT molecular complexity index is 987. The van der Waals surface area contributed by atoms with E-state index in [-0.39, 0.29) is 0 Å². The summed E-state index contributed by atoms with van der Waals surface area (Å²) in [5.74, 6) is 6.15. The van der Waals surface area contributed by atoms with E-state index in [1.165, 1.54) is 10.3 Å². The van der Waals surface area contributed by atoms with Gasteiger partial charge in [-0.25, -0.2) is 4.98 Å². The number of benzene rings is 2. The van der Waals surface area contributed by atoms with E-state index >= 15 is 0 Å². The van der Waals surface area contributed by atoms with E-state index in [9.17, 15) is 0 Å². The number of nitrogens with zero attached hydrogens (tertiary/aromatic N) is 4. The molecule has 1 aliphatic rings. The van der Waals surface area contributed by atoms with Gasteiger partial charge in [0.1, 0.15) is 0 Å². The third-order valence-electron chi connectivity index (χ3n) is 5.16. The number of piperidine rings is 1. The minimum atomic E-state index is 0.570. The Balaban J connectivity index is 1.34. The predicted molar refractivity (Wildman–Crippen MR) is 119 cm³/mol. The monoisotopic (exact) mass is 392 g/mol. The van der Waals surface area contributed by atoms with E-state index in [0.717, 1.165) is 49.4 Å². The largest absolute Gasteiger partial charge is 0.375 e. The summed E-state index contributed by atoms with van der Waals surface area (Å²) >= 11 is 1.56. The summed E-state index contributed by atoms with van der Waals surface area (Å²) in [5, 5.41) is 4.55. The first-order chi connectivity index (χ1) is 13.7. The van der Waals surface area contributed by atoms with Crippen molar-refractivity contribution < 1.29 is 0 Å². The van der Waals surface area contributed by atoms with Gasteiger partial charge in [-0.05, 0) is 61.7 Å². The van der Waals surface area contributed by atoms with E-state index in [4.69, 9.17) is 11.6 Å². The number of aliphatic imine (C=N–C) groups is 1. The number of thiazole rings is 1. The third-order valence-corrected chi connectivity index (χ3v) is 6.01. The number of nitrogens with two attached hydrogens (primary N) is 2. The summed E-state index contributed by atoms with van der Waals surface area (Å²) in [6.07, 6.45) is 4.00. The second-order valence-corrected chi connectivity index (χ2v) is 8.11. The van der Waals surface area contributed by atoms with Gasteiger partial charge in [0.2, 0.25) is 0 Å². The highest BCUT2D eigenvalue weighted by Gasteiger charge is 2.21. The highest BCUT2D eigenvalue weighted by Crippen LogP contribution is 2.32. The van der Waals surface area contributed by atoms with Crippen LogP contribution >= 0.6 is 11.3 Å². The lowest BCUT2D eigenvalue weighted by molar-refractivity contribution is 0.239. The van der Waals surface area contributed by atoms with Crippen LogP contribution in [0, 0.1) is 0 Å². The quantitative estimate of drug-likeness (QED) is 0.393. The fourth-order valence-electron chi connectivity index (χ4n) is 3.64. The van der Waals surface area contributed by atoms with E-state index in [0.29, 0.717) is 11.0 Å². The topological polar surface area (TPSA) is 92.9 Å². The molecule has 4 rings (SSSR count). The number of hydrogen-bond donors (Lipinski definition) is 2. The number of hydrogen-bond acceptors (Lipinski definition) is 7. The maximum Gasteiger partial charge on any atom is 0.181 e. The number of nitrogen functional groups attached to an aromatic ring is 1. The lowest BCUT2D eigenvalue weighted by Crippen LogP contribution is -2.37. The molecule has 1 saturated heterocycles. The predicted octanol–water partition coefficient (Wildman–Crippen LogP) is 3.78. The molecule has 0 spiro atoms. The molecule has 28 heavy (non-hydrogen) atoms. The third kappa shape index (κ3) is 4.37. The average molecular weight is 393 g/mol. The number of likely N-dealkylation sites (tertiary alicyclic amines) is 1. The minimum Gasteiger partial charge on any atom is -0.375 e. The zero-order valence-electron chi connectivity index (χ0n) is 15.7. The Morgan fingerprint density at radius 3 is 2.71 bits per heavy atom. The molecule has 2 aromatic carbocycles. The van der Waals surface area contributed by atoms with Crippen LogP contribution in [-0.4, -0.2) is 41.4 Å². The Labute approximate surface area is 168 Å². The molecule has 0 amide bonds. The molecule has 1 aromatic heterocycles. The summed E-state index contributed by atoms with van der Waals surface area (Å²) < 4.78 is 1.17. The van der Waals surface area contributed by atoms with Gasteiger partial charge < -0.3 is 11.6 Å². The Morgan fingerprint density at radius 1 is 1.18 bits per heavy atom. The maximum atomic E-state index is 5.83. The van der Waals surface area contributed by atoms with Crippen molar-refractivity contribution in [2.24, 2.45) is 15.9 Å². The first-order valence-electron chi connectivity index (χ1n) is 9.45. The van der Waals surface area contributed by atoms with Crippen LogP contribution in [0.25, 0.3) is 10.2 Å². The summed E-state index contributed by atoms with van der Waals surface area (Å²) in [6.45, 7) is 2.77. The molecular formula is C21H24N6S. The van der Waals surface area contributed by atoms with Crippen molar-refractivity contribution in [1.82, 2.24) is 9.88 Å². The van der Waals surface area contributed by atoms with Crippen molar-refractivity contribution in [2.75, 3.05) is 25.4 Å². The molecule has 1 aliphatic heterocycles. The molecule has 0 aliphatic carbocycles. The number of aromatic nitrogens is 1. The first-order valence-corrected chi connectivity index (χ1v) is 10.3. The van der Waals surface area contributed by atoms with Crippen LogP contribution < -0.4 is 11.6 Å². The Kier molecular flexibility index (Phi) is 5.64. The number of para-hydroxylation sites is 1. The average Bonchev–Trinajstić information content (AvgIpc) is 3.11. The normalized spacial score (nSPS) is 16.9. The maximum absolute atomic E-state index is 5.83. The summed E-state index contributed by atoms with van der Waals surface area (Å²) in [4.78, 5) is 11.2. The molecule has 7 heteroatoms. The van der Waals surface area contributed by atoms with Crippen molar-refractivity contribution >= 4 is 44.3 Å². The molecule has 0 atom stereocenters. The molecule has 0 saturated carbocycles. The smallest absolute Gasteiger partial charge is 0.181 e. The molecule has 144 valence electrons. The van der Waals surface area contributed by atoms with Crippen molar-refractivity contribution in [3.8, 4) is 0 Å². The van der Waals surface area contributed by atoms with Crippen LogP contribution in [-0.2, 0) is 0 Å². The van der Waals surface area contributed by atoms with Gasteiger partial charge in [-0.3, -0.25) is 9.89 Å². The van der Waals surface area contributed by atoms with Crippen LogP contribution in [0.1, 0.15) is 24.3 Å². The summed E-state index contributed by atoms with van der Waals surface area (Å²) in [5.41, 5.74) is 9.90. The fourth-order valence-corrected chi connectivity index (χ4v) is 4.43. The van der Waals surface area contributed by atoms with Gasteiger partial charge in [-0.1, -0.05) is 35.6 Å². The SMILES string of the molecule is NN=C(C=Nc1ccccc1)CN1CCC(c2ccc3nc(N)sc3c2)CC1. The molecule has 6 nitrogen and oxygen atoms in total. The standard InChI is InChI=1S/C21H24N6S/c22-21-25-19-7-6-16(12-20(19)28-21)15-8-10-27(11-9-15)14-18(26-23)13-24-17-4-2-1-3-5-17/h1-7,12-13,15H,8-11,14,23H2,(H2,22,25). The molecule has 3 aromatic rings. The lowest BCUT2D eigenvalue weighted by atomic mass is 9.89. The minimum absolute atomic E-state index is 0.570. The summed E-state index contributed by atoms with van der Waals surface area (Å²) in [6, 6.07) is 16.4. The highest BCUT2D eigenvalue weighted by atomic mass is 32.1. The molecular weight excluding hydrogens is 368 g/mol. The van der Waals surface area contributed by atoms with Gasteiger partial charge in [0.05, 0.1) is 27.8 Å². The van der Waals surface area contributed by atoms with Crippen molar-refractivity contribution in [3.63, 3.8) is 0 Å². The number of hydrazone groups is 1. The van der Waals surface area contributed by atoms with E-state index < -0.39 is 0 Å². The molecule has 4 N–H and O–H groups in total. The van der Waals surface area contributed by atoms with Gasteiger partial charge in [0, 0.05) is 6.54 Å². The molecule has 0 unspecified atom stereocenters. The first kappa shape index (κ1) is 18.6. The lowest BCUT2D eigenvalue weighted by Gasteiger charge is -2.32. The van der Waals surface area contributed by atoms with Crippen LogP contribution in [0.15, 0.2) is 58.6 Å². The molecule has 0 bridgehead atoms. The number of fused-ring (bicyclic) bond motifs is 1. The molecule has 0 radical (unpaired) electrons. The van der Waals surface area contributed by atoms with Gasteiger partial charge in [0.25, 0.3) is 0 Å². The van der Waals surface area contributed by atoms with Crippen molar-refractivity contribution in [3.05, 3.63) is 54.1 Å². The van der Waals surface area contributed by atoms with Crippen molar-refractivity contribution in [1.29, 1.82) is 0 Å². The van der Waals surface area contributed by atoms with Crippen LogP contribution in [0.3, 0.4) is 0 Å². The fraction of sp³-hybridized carbons (Fsp3) is 0.286. The van der Waals surface area contributed by atoms with E-state index in [1.54, 1.807) is 17.6 Å². The van der Waals surface area contributed by atoms with Crippen LogP contribution in [0.2, 0.25) is 0 Å². The zero-order chi connectivity index (χ0) is 19.3. The second-order valence-electron chi connectivity index (χ2n) is 7.04. The Hall–Kier alpha value is -2.77. The Morgan fingerprint density at radius 2 is 1.96 bits per heavy atom. The molecule has 2 heterocycles. The van der Waals surface area contributed by atoms with Gasteiger partial charge in [-0.15, -0.1) is 0 Å². The van der Waals surface area contributed by atoms with Crippen LogP contribution in [0.4, 0.5) is 10.8 Å². The van der Waals surface area contributed by atoms with Gasteiger partial charge in [0.15, 0.2) is 5.13 Å². The highest BCUT2D eigenvalue weighted by molar-refractivity contribution is 7.22. The zero-order valence-corrected chi connectivity index (χ0v) is 16.5. The summed E-state index contributed by atoms with van der Waals surface area (Å²) in [7, 11) is 0. The number of anilines is 1. The second kappa shape index (κ2) is 8.50. The van der Waals surface area contributed by atoms with E-state index in [2.05, 4.69) is 38.2 Å². The number of rotatable bonds is 5. The molecule has 1 fully saturated rings. The van der Waals surface area contributed by atoms with Crippen molar-refractivity contribution in [2.45, 2.75) is 18.8 Å². The van der Waals surface area contributed by atoms with Crippen LogP contribution in [0.5, 0.6) is 0 Å². The van der Waals surface area contributed by atoms with E-state index in [1.807, 2.05) is 30.3 Å². The van der Waals surface area contributed by atoms with Gasteiger partial charge in [-0.2, -0.15) is 5.10 Å². The van der Waals surface area contributed by atoms with Gasteiger partial charge >= 0.3 is 0 Å².